The first kappa shape index (κ1) is 11.0. The maximum Gasteiger partial charge on any atom is 1.00 e. The van der Waals surface area contributed by atoms with Crippen LogP contribution in [0.25, 0.3) is 0 Å². The average molecular weight is 196 g/mol. The number of hydrogen-bond acceptors (Lipinski definition) is 0. The number of rotatable bonds is 2. The molecule has 0 aromatic carbocycles. The van der Waals surface area contributed by atoms with Crippen LogP contribution in [-0.4, -0.2) is 0 Å². The van der Waals surface area contributed by atoms with Crippen LogP contribution >= 0.6 is 0 Å². The van der Waals surface area contributed by atoms with Gasteiger partial charge < -0.3 is 0 Å². The normalized spacial score (nSPS) is 10.2. The van der Waals surface area contributed by atoms with E-state index < -0.39 is 0 Å². The third-order valence-corrected chi connectivity index (χ3v) is 0.611. The van der Waals surface area contributed by atoms with Crippen LogP contribution in [0.1, 0.15) is 20.3 Å². The van der Waals surface area contributed by atoms with Gasteiger partial charge in [0, 0.05) is 0 Å². The summed E-state index contributed by atoms with van der Waals surface area (Å²) in [6.45, 7) is 4.06. The first-order valence-electron chi connectivity index (χ1n) is 2.59. The van der Waals surface area contributed by atoms with Crippen LogP contribution in [0.5, 0.6) is 0 Å². The second kappa shape index (κ2) is 10.2. The Morgan fingerprint density at radius 1 is 1.50 bits per heavy atom. The average Bonchev–Trinajstić information content (AvgIpc) is 1.69. The molecule has 0 aliphatic heterocycles. The van der Waals surface area contributed by atoms with Crippen LogP contribution in [0.3, 0.4) is 0 Å². The molecule has 0 unspecified atom stereocenters. The van der Waals surface area contributed by atoms with E-state index in [4.69, 9.17) is 0 Å². The summed E-state index contributed by atoms with van der Waals surface area (Å²) in [5.41, 5.74) is 0. The molecule has 1 radical (unpaired) electrons. The monoisotopic (exact) mass is 197 g/mol. The molecule has 0 fully saturated rings. The fourth-order valence-electron chi connectivity index (χ4n) is 0.282. The Labute approximate surface area is 64.4 Å². The van der Waals surface area contributed by atoms with E-state index in [2.05, 4.69) is 13.0 Å². The van der Waals surface area contributed by atoms with Gasteiger partial charge in [-0.3, -0.25) is 6.08 Å². The summed E-state index contributed by atoms with van der Waals surface area (Å²) < 4.78 is 0. The van der Waals surface area contributed by atoms with Crippen molar-refractivity contribution in [3.63, 3.8) is 0 Å². The van der Waals surface area contributed by atoms with Crippen molar-refractivity contribution in [2.45, 2.75) is 20.3 Å². The Kier molecular flexibility index (Phi) is 13.9. The molecule has 0 atom stereocenters. The minimum absolute atomic E-state index is 0. The van der Waals surface area contributed by atoms with E-state index in [1.807, 2.05) is 25.2 Å². The van der Waals surface area contributed by atoms with Crippen molar-refractivity contribution in [1.29, 1.82) is 0 Å². The van der Waals surface area contributed by atoms with Gasteiger partial charge in [0.25, 0.3) is 0 Å². The predicted molar refractivity (Wildman–Crippen MR) is 32.9 cm³/mol. The van der Waals surface area contributed by atoms with Crippen LogP contribution in [0, 0.1) is 6.08 Å². The third kappa shape index (κ3) is 9.44. The van der Waals surface area contributed by atoms with Gasteiger partial charge in [-0.25, -0.2) is 12.2 Å². The molecule has 47 valence electrons. The van der Waals surface area contributed by atoms with Gasteiger partial charge in [-0.15, -0.1) is 6.42 Å². The third-order valence-electron chi connectivity index (χ3n) is 0.611. The Hall–Kier alpha value is 0.103. The Morgan fingerprint density at radius 2 is 2.12 bits per heavy atom. The van der Waals surface area contributed by atoms with Crippen LogP contribution < -0.4 is 0 Å². The standard InChI is InChI=1S/C7H11.Ru/c1-3-5-7-6-4-2;/h3,5,7H,4H2,1-2H3;/q-1;+1. The molecule has 0 bridgehead atoms. The van der Waals surface area contributed by atoms with Crippen molar-refractivity contribution < 1.29 is 19.5 Å². The first-order valence-corrected chi connectivity index (χ1v) is 2.59. The Balaban J connectivity index is 0. The maximum absolute atomic E-state index is 3.04. The Bertz CT molecular complexity index is 72.5. The summed E-state index contributed by atoms with van der Waals surface area (Å²) in [6, 6.07) is 0. The molecule has 1 heteroatoms. The van der Waals surface area contributed by atoms with Gasteiger partial charge in [-0.05, 0) is 0 Å². The van der Waals surface area contributed by atoms with E-state index >= 15 is 0 Å². The van der Waals surface area contributed by atoms with E-state index in [1.54, 1.807) is 0 Å². The zero-order valence-corrected chi connectivity index (χ0v) is 7.03. The maximum atomic E-state index is 3.04. The van der Waals surface area contributed by atoms with Crippen LogP contribution in [0.4, 0.5) is 0 Å². The largest absolute Gasteiger partial charge is 1.00 e. The fourth-order valence-corrected chi connectivity index (χ4v) is 0.282. The molecule has 0 heterocycles. The summed E-state index contributed by atoms with van der Waals surface area (Å²) in [5.74, 6) is 0. The molecule has 0 saturated carbocycles. The summed E-state index contributed by atoms with van der Waals surface area (Å²) in [6.07, 6.45) is 9.94. The van der Waals surface area contributed by atoms with E-state index in [0.717, 1.165) is 6.42 Å². The first-order chi connectivity index (χ1) is 3.41. The summed E-state index contributed by atoms with van der Waals surface area (Å²) in [7, 11) is 0. The van der Waals surface area contributed by atoms with Gasteiger partial charge in [-0.2, -0.15) is 6.08 Å². The number of allylic oxidation sites excluding steroid dienone is 4. The predicted octanol–water partition coefficient (Wildman–Crippen LogP) is 2.33. The van der Waals surface area contributed by atoms with Crippen molar-refractivity contribution in [3.05, 3.63) is 24.3 Å². The van der Waals surface area contributed by atoms with Crippen molar-refractivity contribution in [1.82, 2.24) is 0 Å². The van der Waals surface area contributed by atoms with E-state index in [-0.39, 0.29) is 19.5 Å². The molecule has 0 aliphatic rings. The smallest absolute Gasteiger partial charge is 0.276 e. The van der Waals surface area contributed by atoms with Gasteiger partial charge in [0.05, 0.1) is 0 Å². The zero-order valence-electron chi connectivity index (χ0n) is 5.29. The van der Waals surface area contributed by atoms with Crippen LogP contribution in [0.15, 0.2) is 18.2 Å². The molecule has 0 amide bonds. The summed E-state index contributed by atoms with van der Waals surface area (Å²) >= 11 is 0. The van der Waals surface area contributed by atoms with Gasteiger partial charge in [0.1, 0.15) is 0 Å². The zero-order chi connectivity index (χ0) is 5.54. The second-order valence-corrected chi connectivity index (χ2v) is 1.25. The van der Waals surface area contributed by atoms with Crippen molar-refractivity contribution in [2.24, 2.45) is 0 Å². The molecular weight excluding hydrogens is 185 g/mol. The van der Waals surface area contributed by atoms with Gasteiger partial charge in [0.15, 0.2) is 0 Å². The van der Waals surface area contributed by atoms with Gasteiger partial charge in [-0.1, -0.05) is 13.8 Å². The molecular formula is C7H11Ru. The molecule has 0 aliphatic carbocycles. The summed E-state index contributed by atoms with van der Waals surface area (Å²) in [5, 5.41) is 0. The molecule has 0 saturated heterocycles. The minimum atomic E-state index is 0. The second-order valence-electron chi connectivity index (χ2n) is 1.25. The summed E-state index contributed by atoms with van der Waals surface area (Å²) in [4.78, 5) is 0. The molecule has 0 rings (SSSR count). The van der Waals surface area contributed by atoms with Gasteiger partial charge >= 0.3 is 19.5 Å². The quantitative estimate of drug-likeness (QED) is 0.361. The number of hydrogen-bond donors (Lipinski definition) is 0. The molecule has 0 spiro atoms. The van der Waals surface area contributed by atoms with Crippen molar-refractivity contribution >= 4 is 0 Å². The van der Waals surface area contributed by atoms with Crippen molar-refractivity contribution in [2.75, 3.05) is 0 Å². The molecule has 0 aromatic heterocycles. The van der Waals surface area contributed by atoms with E-state index in [9.17, 15) is 0 Å². The van der Waals surface area contributed by atoms with Gasteiger partial charge in [0.2, 0.25) is 0 Å². The van der Waals surface area contributed by atoms with Crippen molar-refractivity contribution in [3.8, 4) is 0 Å². The van der Waals surface area contributed by atoms with Crippen LogP contribution in [0.2, 0.25) is 0 Å². The fraction of sp³-hybridized carbons (Fsp3) is 0.429. The molecule has 8 heavy (non-hydrogen) atoms. The molecule has 0 N–H and O–H groups in total. The van der Waals surface area contributed by atoms with E-state index in [0.29, 0.717) is 0 Å². The Morgan fingerprint density at radius 3 is 2.50 bits per heavy atom. The molecule has 0 nitrogen and oxygen atoms in total. The molecule has 0 aromatic rings. The topological polar surface area (TPSA) is 0 Å². The SMILES string of the molecule is CC=CC=[C-]CC.[Ru+]. The van der Waals surface area contributed by atoms with E-state index in [1.165, 1.54) is 0 Å². The van der Waals surface area contributed by atoms with Crippen LogP contribution in [-0.2, 0) is 19.5 Å². The minimum Gasteiger partial charge on any atom is -0.276 e.